The quantitative estimate of drug-likeness (QED) is 0.775. The lowest BCUT2D eigenvalue weighted by molar-refractivity contribution is 0.0956. The second-order valence-corrected chi connectivity index (χ2v) is 5.86. The van der Waals surface area contributed by atoms with Crippen LogP contribution in [0.2, 0.25) is 0 Å². The van der Waals surface area contributed by atoms with Gasteiger partial charge in [-0.3, -0.25) is 9.78 Å². The van der Waals surface area contributed by atoms with Gasteiger partial charge in [0.1, 0.15) is 9.88 Å². The van der Waals surface area contributed by atoms with Crippen LogP contribution in [0.5, 0.6) is 0 Å². The van der Waals surface area contributed by atoms with Crippen LogP contribution < -0.4 is 11.1 Å². The van der Waals surface area contributed by atoms with Crippen molar-refractivity contribution in [1.82, 2.24) is 15.3 Å². The van der Waals surface area contributed by atoms with Crippen molar-refractivity contribution in [3.63, 3.8) is 0 Å². The highest BCUT2D eigenvalue weighted by molar-refractivity contribution is 7.21. The second kappa shape index (κ2) is 4.94. The van der Waals surface area contributed by atoms with Gasteiger partial charge in [-0.25, -0.2) is 4.98 Å². The van der Waals surface area contributed by atoms with Gasteiger partial charge in [0.25, 0.3) is 5.91 Å². The minimum Gasteiger partial charge on any atom is -0.397 e. The number of hydrogen-bond acceptors (Lipinski definition) is 6. The summed E-state index contributed by atoms with van der Waals surface area (Å²) >= 11 is 2.86. The van der Waals surface area contributed by atoms with Crippen LogP contribution in [0.15, 0.2) is 30.0 Å². The van der Waals surface area contributed by atoms with Gasteiger partial charge < -0.3 is 11.1 Å². The van der Waals surface area contributed by atoms with Gasteiger partial charge in [-0.1, -0.05) is 0 Å². The van der Waals surface area contributed by atoms with Gasteiger partial charge in [0.15, 0.2) is 0 Å². The summed E-state index contributed by atoms with van der Waals surface area (Å²) in [6, 6.07) is 1.82. The van der Waals surface area contributed by atoms with E-state index in [1.54, 1.807) is 18.6 Å². The number of anilines is 1. The zero-order valence-electron chi connectivity index (χ0n) is 9.79. The third-order valence-corrected chi connectivity index (χ3v) is 4.56. The molecule has 0 spiro atoms. The molecule has 0 bridgehead atoms. The number of pyridine rings is 1. The average Bonchev–Trinajstić information content (AvgIpc) is 3.05. The van der Waals surface area contributed by atoms with Gasteiger partial charge in [-0.05, 0) is 6.07 Å². The minimum absolute atomic E-state index is 0.172. The second-order valence-electron chi connectivity index (χ2n) is 3.83. The number of hydrogen-bond donors (Lipinski definition) is 2. The Kier molecular flexibility index (Phi) is 3.14. The van der Waals surface area contributed by atoms with Gasteiger partial charge >= 0.3 is 0 Å². The number of nitrogen functional groups attached to an aromatic ring is 1. The van der Waals surface area contributed by atoms with Crippen molar-refractivity contribution in [2.75, 3.05) is 5.73 Å². The lowest BCUT2D eigenvalue weighted by atomic mass is 10.2. The third kappa shape index (κ3) is 2.29. The van der Waals surface area contributed by atoms with E-state index < -0.39 is 0 Å². The smallest absolute Gasteiger partial charge is 0.263 e. The fourth-order valence-corrected chi connectivity index (χ4v) is 3.28. The van der Waals surface area contributed by atoms with Crippen LogP contribution in [0.25, 0.3) is 10.1 Å². The van der Waals surface area contributed by atoms with Gasteiger partial charge in [0.05, 0.1) is 16.9 Å². The van der Waals surface area contributed by atoms with Crippen LogP contribution in [-0.4, -0.2) is 15.9 Å². The maximum Gasteiger partial charge on any atom is 0.263 e. The van der Waals surface area contributed by atoms with E-state index in [9.17, 15) is 4.79 Å². The number of nitrogens with two attached hydrogens (primary N) is 1. The van der Waals surface area contributed by atoms with Gasteiger partial charge in [-0.15, -0.1) is 22.7 Å². The summed E-state index contributed by atoms with van der Waals surface area (Å²) in [6.07, 6.45) is 5.10. The molecule has 1 amide bonds. The molecule has 7 heteroatoms. The van der Waals surface area contributed by atoms with E-state index in [0.717, 1.165) is 15.1 Å². The molecule has 3 rings (SSSR count). The van der Waals surface area contributed by atoms with Crippen molar-refractivity contribution in [3.8, 4) is 0 Å². The molecule has 3 N–H and O–H groups in total. The number of thiazole rings is 1. The molecule has 3 heterocycles. The molecule has 0 fully saturated rings. The molecule has 3 aromatic heterocycles. The Morgan fingerprint density at radius 1 is 1.42 bits per heavy atom. The van der Waals surface area contributed by atoms with Crippen LogP contribution >= 0.6 is 22.7 Å². The predicted octanol–water partition coefficient (Wildman–Crippen LogP) is 2.26. The molecular weight excluding hydrogens is 280 g/mol. The number of amides is 1. The number of nitrogens with zero attached hydrogens (tertiary/aromatic N) is 2. The topological polar surface area (TPSA) is 80.9 Å². The van der Waals surface area contributed by atoms with Crippen LogP contribution in [0.3, 0.4) is 0 Å². The highest BCUT2D eigenvalue weighted by Crippen LogP contribution is 2.32. The highest BCUT2D eigenvalue weighted by Gasteiger charge is 2.16. The van der Waals surface area contributed by atoms with Crippen molar-refractivity contribution in [2.24, 2.45) is 0 Å². The summed E-state index contributed by atoms with van der Waals surface area (Å²) in [4.78, 5) is 20.8. The number of aromatic nitrogens is 2. The van der Waals surface area contributed by atoms with Gasteiger partial charge in [-0.2, -0.15) is 0 Å². The molecule has 0 saturated heterocycles. The first-order valence-corrected chi connectivity index (χ1v) is 7.24. The molecule has 5 nitrogen and oxygen atoms in total. The number of thiophene rings is 1. The van der Waals surface area contributed by atoms with E-state index in [1.165, 1.54) is 22.7 Å². The van der Waals surface area contributed by atoms with E-state index in [-0.39, 0.29) is 5.91 Å². The fourth-order valence-electron chi connectivity index (χ4n) is 1.72. The SMILES string of the molecule is Nc1c(C(=O)NCc2nccs2)sc2cnccc12. The molecular formula is C12H10N4OS2. The Balaban J connectivity index is 1.83. The Morgan fingerprint density at radius 2 is 2.32 bits per heavy atom. The van der Waals surface area contributed by atoms with Crippen molar-refractivity contribution >= 4 is 44.4 Å². The highest BCUT2D eigenvalue weighted by atomic mass is 32.1. The molecule has 19 heavy (non-hydrogen) atoms. The van der Waals surface area contributed by atoms with Crippen molar-refractivity contribution < 1.29 is 4.79 Å². The Morgan fingerprint density at radius 3 is 3.05 bits per heavy atom. The Bertz CT molecular complexity index is 720. The molecule has 0 aliphatic heterocycles. The van der Waals surface area contributed by atoms with Crippen LogP contribution in [0.4, 0.5) is 5.69 Å². The first kappa shape index (κ1) is 12.1. The van der Waals surface area contributed by atoms with Gasteiger partial charge in [0.2, 0.25) is 0 Å². The average molecular weight is 290 g/mol. The molecule has 0 aromatic carbocycles. The lowest BCUT2D eigenvalue weighted by Crippen LogP contribution is -2.22. The number of nitrogens with one attached hydrogen (secondary N) is 1. The van der Waals surface area contributed by atoms with E-state index in [4.69, 9.17) is 5.73 Å². The molecule has 3 aromatic rings. The number of rotatable bonds is 3. The first-order chi connectivity index (χ1) is 9.25. The Labute approximate surface area is 117 Å². The Hall–Kier alpha value is -1.99. The maximum atomic E-state index is 12.1. The number of carbonyl (C=O) groups is 1. The molecule has 0 aliphatic carbocycles. The lowest BCUT2D eigenvalue weighted by Gasteiger charge is -2.01. The summed E-state index contributed by atoms with van der Waals surface area (Å²) in [6.45, 7) is 0.419. The zero-order chi connectivity index (χ0) is 13.2. The summed E-state index contributed by atoms with van der Waals surface area (Å²) in [5.41, 5.74) is 6.51. The summed E-state index contributed by atoms with van der Waals surface area (Å²) < 4.78 is 0.916. The number of fused-ring (bicyclic) bond motifs is 1. The van der Waals surface area contributed by atoms with Crippen molar-refractivity contribution in [2.45, 2.75) is 6.54 Å². The normalized spacial score (nSPS) is 10.7. The summed E-state index contributed by atoms with van der Waals surface area (Å²) in [7, 11) is 0. The van der Waals surface area contributed by atoms with E-state index in [2.05, 4.69) is 15.3 Å². The monoisotopic (exact) mass is 290 g/mol. The largest absolute Gasteiger partial charge is 0.397 e. The van der Waals surface area contributed by atoms with Crippen molar-refractivity contribution in [1.29, 1.82) is 0 Å². The first-order valence-electron chi connectivity index (χ1n) is 5.54. The molecule has 0 aliphatic rings. The fraction of sp³-hybridized carbons (Fsp3) is 0.0833. The van der Waals surface area contributed by atoms with Crippen LogP contribution in [0.1, 0.15) is 14.7 Å². The minimum atomic E-state index is -0.172. The molecule has 0 saturated carbocycles. The van der Waals surface area contributed by atoms with Crippen LogP contribution in [-0.2, 0) is 6.54 Å². The molecule has 0 radical (unpaired) electrons. The molecule has 0 unspecified atom stereocenters. The third-order valence-electron chi connectivity index (χ3n) is 2.62. The number of carbonyl (C=O) groups excluding carboxylic acids is 1. The van der Waals surface area contributed by atoms with E-state index in [0.29, 0.717) is 17.1 Å². The predicted molar refractivity (Wildman–Crippen MR) is 77.3 cm³/mol. The summed E-state index contributed by atoms with van der Waals surface area (Å²) in [5, 5.41) is 6.44. The van der Waals surface area contributed by atoms with E-state index in [1.807, 2.05) is 11.4 Å². The van der Waals surface area contributed by atoms with E-state index >= 15 is 0 Å². The molecule has 0 atom stereocenters. The molecule has 96 valence electrons. The summed E-state index contributed by atoms with van der Waals surface area (Å²) in [5.74, 6) is -0.172. The van der Waals surface area contributed by atoms with Crippen molar-refractivity contribution in [3.05, 3.63) is 39.9 Å². The zero-order valence-corrected chi connectivity index (χ0v) is 11.4. The van der Waals surface area contributed by atoms with Gasteiger partial charge in [0, 0.05) is 29.4 Å². The standard InChI is InChI=1S/C12H10N4OS2/c13-10-7-1-2-14-5-8(7)19-11(10)12(17)16-6-9-15-3-4-18-9/h1-5H,6,13H2,(H,16,17). The maximum absolute atomic E-state index is 12.1. The van der Waals surface area contributed by atoms with Crippen LogP contribution in [0, 0.1) is 0 Å².